The summed E-state index contributed by atoms with van der Waals surface area (Å²) >= 11 is 0. The maximum absolute atomic E-state index is 12.9. The van der Waals surface area contributed by atoms with Gasteiger partial charge in [-0.3, -0.25) is 15.1 Å². The quantitative estimate of drug-likeness (QED) is 0.869. The van der Waals surface area contributed by atoms with E-state index in [9.17, 15) is 4.79 Å². The third kappa shape index (κ3) is 3.89. The van der Waals surface area contributed by atoms with Crippen LogP contribution in [-0.4, -0.2) is 60.5 Å². The zero-order valence-corrected chi connectivity index (χ0v) is 15.0. The molecule has 4 rings (SSSR count). The van der Waals surface area contributed by atoms with E-state index in [2.05, 4.69) is 51.0 Å². The molecule has 1 aromatic rings. The molecule has 0 spiro atoms. The molecular weight excluding hydrogens is 312 g/mol. The molecule has 1 amide bonds. The summed E-state index contributed by atoms with van der Waals surface area (Å²) in [6.45, 7) is 4.80. The van der Waals surface area contributed by atoms with E-state index in [-0.39, 0.29) is 6.04 Å². The lowest BCUT2D eigenvalue weighted by atomic mass is 9.81. The van der Waals surface area contributed by atoms with Gasteiger partial charge >= 0.3 is 0 Å². The summed E-state index contributed by atoms with van der Waals surface area (Å²) < 4.78 is 0. The van der Waals surface area contributed by atoms with Gasteiger partial charge in [-0.25, -0.2) is 5.43 Å². The van der Waals surface area contributed by atoms with Gasteiger partial charge in [0, 0.05) is 44.7 Å². The molecule has 3 atom stereocenters. The Balaban J connectivity index is 1.25. The van der Waals surface area contributed by atoms with Gasteiger partial charge in [-0.1, -0.05) is 43.2 Å². The zero-order chi connectivity index (χ0) is 17.1. The summed E-state index contributed by atoms with van der Waals surface area (Å²) in [4.78, 5) is 17.5. The summed E-state index contributed by atoms with van der Waals surface area (Å²) in [5.74, 6) is 0.793. The number of fused-ring (bicyclic) bond motifs is 1. The molecule has 5 nitrogen and oxygen atoms in total. The SMILES string of the molecule is O=C(C1NNC2CCCCC21)N1CCN(CCc2ccccc2)CC1. The van der Waals surface area contributed by atoms with Crippen molar-refractivity contribution in [3.63, 3.8) is 0 Å². The standard InChI is InChI=1S/C20H30N4O/c25-20(19-17-8-4-5-9-18(17)21-22-19)24-14-12-23(13-15-24)11-10-16-6-2-1-3-7-16/h1-3,6-7,17-19,21-22H,4-5,8-15H2. The lowest BCUT2D eigenvalue weighted by Gasteiger charge is -2.37. The molecule has 25 heavy (non-hydrogen) atoms. The van der Waals surface area contributed by atoms with Crippen molar-refractivity contribution in [2.75, 3.05) is 32.7 Å². The van der Waals surface area contributed by atoms with Gasteiger partial charge in [0.05, 0.1) is 0 Å². The lowest BCUT2D eigenvalue weighted by Crippen LogP contribution is -2.55. The van der Waals surface area contributed by atoms with Crippen LogP contribution in [-0.2, 0) is 11.2 Å². The van der Waals surface area contributed by atoms with Gasteiger partial charge in [-0.05, 0) is 24.8 Å². The third-order valence-corrected chi connectivity index (χ3v) is 6.18. The fraction of sp³-hybridized carbons (Fsp3) is 0.650. The highest BCUT2D eigenvalue weighted by molar-refractivity contribution is 5.82. The van der Waals surface area contributed by atoms with Gasteiger partial charge in [0.25, 0.3) is 0 Å². The average Bonchev–Trinajstić information content (AvgIpc) is 3.11. The van der Waals surface area contributed by atoms with E-state index < -0.39 is 0 Å². The molecule has 3 unspecified atom stereocenters. The van der Waals surface area contributed by atoms with Gasteiger partial charge < -0.3 is 4.90 Å². The van der Waals surface area contributed by atoms with Crippen LogP contribution in [0.3, 0.4) is 0 Å². The molecule has 3 aliphatic rings. The largest absolute Gasteiger partial charge is 0.339 e. The van der Waals surface area contributed by atoms with Crippen LogP contribution in [0.2, 0.25) is 0 Å². The number of hydrogen-bond donors (Lipinski definition) is 2. The van der Waals surface area contributed by atoms with Gasteiger partial charge in [0.2, 0.25) is 5.91 Å². The van der Waals surface area contributed by atoms with Crippen molar-refractivity contribution < 1.29 is 4.79 Å². The summed E-state index contributed by atoms with van der Waals surface area (Å²) in [5, 5.41) is 0. The molecule has 1 saturated carbocycles. The van der Waals surface area contributed by atoms with Gasteiger partial charge in [-0.2, -0.15) is 0 Å². The number of nitrogens with zero attached hydrogens (tertiary/aromatic N) is 2. The van der Waals surface area contributed by atoms with Crippen LogP contribution >= 0.6 is 0 Å². The first-order valence-electron chi connectivity index (χ1n) is 9.87. The van der Waals surface area contributed by atoms with Crippen LogP contribution in [0.4, 0.5) is 0 Å². The Kier molecular flexibility index (Phi) is 5.34. The number of hydrazine groups is 1. The maximum atomic E-state index is 12.9. The van der Waals surface area contributed by atoms with E-state index in [4.69, 9.17) is 0 Å². The molecule has 1 aromatic carbocycles. The Hall–Kier alpha value is -1.43. The monoisotopic (exact) mass is 342 g/mol. The second-order valence-electron chi connectivity index (χ2n) is 7.72. The Morgan fingerprint density at radius 1 is 1.00 bits per heavy atom. The van der Waals surface area contributed by atoms with Crippen LogP contribution in [0, 0.1) is 5.92 Å². The van der Waals surface area contributed by atoms with Crippen LogP contribution < -0.4 is 10.9 Å². The predicted octanol–water partition coefficient (Wildman–Crippen LogP) is 1.41. The van der Waals surface area contributed by atoms with Crippen molar-refractivity contribution in [3.8, 4) is 0 Å². The Morgan fingerprint density at radius 3 is 2.56 bits per heavy atom. The predicted molar refractivity (Wildman–Crippen MR) is 99.0 cm³/mol. The molecule has 5 heteroatoms. The number of hydrogen-bond acceptors (Lipinski definition) is 4. The molecule has 1 aliphatic carbocycles. The minimum absolute atomic E-state index is 0.0128. The van der Waals surface area contributed by atoms with E-state index in [1.54, 1.807) is 0 Å². The van der Waals surface area contributed by atoms with E-state index in [0.29, 0.717) is 17.9 Å². The number of benzene rings is 1. The fourth-order valence-electron chi connectivity index (χ4n) is 4.61. The van der Waals surface area contributed by atoms with Crippen LogP contribution in [0.15, 0.2) is 30.3 Å². The van der Waals surface area contributed by atoms with Crippen molar-refractivity contribution >= 4 is 5.91 Å². The molecule has 2 aliphatic heterocycles. The maximum Gasteiger partial charge on any atom is 0.241 e. The van der Waals surface area contributed by atoms with Crippen molar-refractivity contribution in [2.45, 2.75) is 44.2 Å². The Bertz CT molecular complexity index is 570. The minimum Gasteiger partial charge on any atom is -0.339 e. The summed E-state index contributed by atoms with van der Waals surface area (Å²) in [7, 11) is 0. The second kappa shape index (κ2) is 7.85. The number of carbonyl (C=O) groups excluding carboxylic acids is 1. The number of carbonyl (C=O) groups is 1. The first kappa shape index (κ1) is 17.0. The van der Waals surface area contributed by atoms with Crippen molar-refractivity contribution in [1.82, 2.24) is 20.7 Å². The van der Waals surface area contributed by atoms with Crippen LogP contribution in [0.25, 0.3) is 0 Å². The number of amides is 1. The molecule has 0 bridgehead atoms. The highest BCUT2D eigenvalue weighted by Gasteiger charge is 2.42. The number of nitrogens with one attached hydrogen (secondary N) is 2. The number of piperazine rings is 1. The normalized spacial score (nSPS) is 30.2. The van der Waals surface area contributed by atoms with Gasteiger partial charge in [0.15, 0.2) is 0 Å². The summed E-state index contributed by atoms with van der Waals surface area (Å²) in [6, 6.07) is 11.1. The Morgan fingerprint density at radius 2 is 1.76 bits per heavy atom. The van der Waals surface area contributed by atoms with Crippen molar-refractivity contribution in [1.29, 1.82) is 0 Å². The summed E-state index contributed by atoms with van der Waals surface area (Å²) in [5.41, 5.74) is 8.06. The molecule has 2 saturated heterocycles. The number of rotatable bonds is 4. The first-order valence-corrected chi connectivity index (χ1v) is 9.87. The molecule has 136 valence electrons. The van der Waals surface area contributed by atoms with Crippen molar-refractivity contribution in [2.24, 2.45) is 5.92 Å². The zero-order valence-electron chi connectivity index (χ0n) is 15.0. The second-order valence-corrected chi connectivity index (χ2v) is 7.72. The molecule has 0 radical (unpaired) electrons. The smallest absolute Gasteiger partial charge is 0.241 e. The summed E-state index contributed by atoms with van der Waals surface area (Å²) in [6.07, 6.45) is 6.03. The van der Waals surface area contributed by atoms with E-state index >= 15 is 0 Å². The minimum atomic E-state index is -0.0128. The molecule has 3 fully saturated rings. The van der Waals surface area contributed by atoms with Gasteiger partial charge in [-0.15, -0.1) is 0 Å². The fourth-order valence-corrected chi connectivity index (χ4v) is 4.61. The molecule has 2 heterocycles. The molecule has 0 aromatic heterocycles. The highest BCUT2D eigenvalue weighted by atomic mass is 16.2. The lowest BCUT2D eigenvalue weighted by molar-refractivity contribution is -0.136. The Labute approximate surface area is 150 Å². The van der Waals surface area contributed by atoms with Crippen molar-refractivity contribution in [3.05, 3.63) is 35.9 Å². The van der Waals surface area contributed by atoms with E-state index in [1.807, 2.05) is 0 Å². The molecule has 2 N–H and O–H groups in total. The third-order valence-electron chi connectivity index (χ3n) is 6.18. The van der Waals surface area contributed by atoms with Gasteiger partial charge in [0.1, 0.15) is 6.04 Å². The topological polar surface area (TPSA) is 47.6 Å². The average molecular weight is 342 g/mol. The van der Waals surface area contributed by atoms with Crippen LogP contribution in [0.5, 0.6) is 0 Å². The highest BCUT2D eigenvalue weighted by Crippen LogP contribution is 2.31. The molecular formula is C20H30N4O. The van der Waals surface area contributed by atoms with Crippen LogP contribution in [0.1, 0.15) is 31.2 Å². The van der Waals surface area contributed by atoms with E-state index in [0.717, 1.165) is 39.1 Å². The first-order chi connectivity index (χ1) is 12.3. The van der Waals surface area contributed by atoms with E-state index in [1.165, 1.54) is 31.2 Å².